The second-order valence-electron chi connectivity index (χ2n) is 6.69. The molecule has 1 aromatic heterocycles. The first-order chi connectivity index (χ1) is 10.3. The molecule has 0 spiro atoms. The molecule has 0 bridgehead atoms. The Morgan fingerprint density at radius 1 is 1.55 bits per heavy atom. The first-order valence-corrected chi connectivity index (χ1v) is 8.19. The minimum atomic E-state index is -0.446. The van der Waals surface area contributed by atoms with Crippen molar-refractivity contribution in [2.45, 2.75) is 59.0 Å². The van der Waals surface area contributed by atoms with Crippen LogP contribution in [0.2, 0.25) is 0 Å². The normalized spacial score (nSPS) is 22.9. The summed E-state index contributed by atoms with van der Waals surface area (Å²) in [5.74, 6) is 0.0497. The predicted octanol–water partition coefficient (Wildman–Crippen LogP) is 2.82. The van der Waals surface area contributed by atoms with Crippen LogP contribution in [-0.2, 0) is 16.0 Å². The van der Waals surface area contributed by atoms with Crippen molar-refractivity contribution in [3.8, 4) is 0 Å². The third kappa shape index (κ3) is 4.11. The fourth-order valence-electron chi connectivity index (χ4n) is 2.67. The van der Waals surface area contributed by atoms with Gasteiger partial charge in [0.1, 0.15) is 0 Å². The Morgan fingerprint density at radius 3 is 2.86 bits per heavy atom. The topological polar surface area (TPSA) is 23.4 Å². The fourth-order valence-corrected chi connectivity index (χ4v) is 2.67. The van der Waals surface area contributed by atoms with Gasteiger partial charge >= 0.3 is 0 Å². The van der Waals surface area contributed by atoms with Gasteiger partial charge in [0.05, 0.1) is 12.7 Å². The quantitative estimate of drug-likeness (QED) is 0.807. The van der Waals surface area contributed by atoms with Crippen molar-refractivity contribution in [1.29, 1.82) is 0 Å². The summed E-state index contributed by atoms with van der Waals surface area (Å²) in [6, 6.07) is 2.06. The molecule has 2 atom stereocenters. The van der Waals surface area contributed by atoms with Crippen LogP contribution >= 0.6 is 0 Å². The summed E-state index contributed by atoms with van der Waals surface area (Å²) in [5, 5.41) is 2.21. The lowest BCUT2D eigenvalue weighted by atomic mass is 10.00. The largest absolute Gasteiger partial charge is 0.348 e. The average molecular weight is 303 g/mol. The van der Waals surface area contributed by atoms with Gasteiger partial charge in [0, 0.05) is 18.1 Å². The number of aromatic nitrogens is 1. The molecule has 0 amide bonds. The van der Waals surface area contributed by atoms with Crippen LogP contribution in [0.4, 0.5) is 0 Å². The van der Waals surface area contributed by atoms with Crippen LogP contribution < -0.4 is 10.6 Å². The van der Waals surface area contributed by atoms with Gasteiger partial charge in [0.25, 0.3) is 0 Å². The number of aryl methyl sites for hydroxylation is 1. The molecular weight excluding hydrogens is 274 g/mol. The van der Waals surface area contributed by atoms with Crippen molar-refractivity contribution in [3.05, 3.63) is 35.0 Å². The first-order valence-electron chi connectivity index (χ1n) is 8.19. The highest BCUT2D eigenvalue weighted by molar-refractivity contribution is 5.45. The summed E-state index contributed by atoms with van der Waals surface area (Å²) in [5.41, 5.74) is 1.16. The van der Waals surface area contributed by atoms with Gasteiger partial charge in [0.2, 0.25) is 0 Å². The molecule has 2 heterocycles. The number of hydrogen-bond donors (Lipinski definition) is 0. The summed E-state index contributed by atoms with van der Waals surface area (Å²) in [6.45, 7) is 18.2. The van der Waals surface area contributed by atoms with E-state index in [9.17, 15) is 0 Å². The van der Waals surface area contributed by atoms with E-state index < -0.39 is 5.79 Å². The predicted molar refractivity (Wildman–Crippen MR) is 91.8 cm³/mol. The molecular formula is C19H29NO2. The molecule has 1 aliphatic rings. The maximum Gasteiger partial charge on any atom is 0.163 e. The van der Waals surface area contributed by atoms with Gasteiger partial charge in [-0.25, -0.2) is 0 Å². The highest BCUT2D eigenvalue weighted by Gasteiger charge is 2.32. The van der Waals surface area contributed by atoms with E-state index in [2.05, 4.69) is 49.9 Å². The fraction of sp³-hybridized carbons (Fsp3) is 0.579. The van der Waals surface area contributed by atoms with Gasteiger partial charge in [-0.05, 0) is 50.0 Å². The molecule has 22 heavy (non-hydrogen) atoms. The van der Waals surface area contributed by atoms with Gasteiger partial charge in [-0.15, -0.1) is 0 Å². The summed E-state index contributed by atoms with van der Waals surface area (Å²) in [7, 11) is 0. The number of hydrogen-bond acceptors (Lipinski definition) is 2. The number of ether oxygens (including phenoxy) is 2. The third-order valence-electron chi connectivity index (χ3n) is 4.42. The van der Waals surface area contributed by atoms with Gasteiger partial charge < -0.3 is 14.0 Å². The monoisotopic (exact) mass is 303 g/mol. The molecule has 0 N–H and O–H groups in total. The van der Waals surface area contributed by atoms with Gasteiger partial charge in [0.15, 0.2) is 5.79 Å². The van der Waals surface area contributed by atoms with Crippen LogP contribution in [0.15, 0.2) is 24.4 Å². The van der Waals surface area contributed by atoms with E-state index in [1.54, 1.807) is 0 Å². The molecule has 0 aliphatic carbocycles. The minimum Gasteiger partial charge on any atom is -0.348 e. The molecule has 1 aliphatic heterocycles. The Balaban J connectivity index is 2.08. The Labute approximate surface area is 133 Å². The number of allylic oxidation sites excluding steroid dienone is 1. The summed E-state index contributed by atoms with van der Waals surface area (Å²) < 4.78 is 13.7. The lowest BCUT2D eigenvalue weighted by molar-refractivity contribution is -0.139. The molecule has 1 saturated heterocycles. The van der Waals surface area contributed by atoms with Gasteiger partial charge in [-0.3, -0.25) is 0 Å². The summed E-state index contributed by atoms with van der Waals surface area (Å²) in [4.78, 5) is 0. The van der Waals surface area contributed by atoms with Gasteiger partial charge in [-0.1, -0.05) is 32.6 Å². The van der Waals surface area contributed by atoms with E-state index in [0.29, 0.717) is 12.5 Å². The van der Waals surface area contributed by atoms with Crippen LogP contribution in [0, 0.1) is 5.92 Å². The van der Waals surface area contributed by atoms with Crippen LogP contribution in [0.3, 0.4) is 0 Å². The lowest BCUT2D eigenvalue weighted by Gasteiger charge is -2.17. The van der Waals surface area contributed by atoms with Crippen molar-refractivity contribution >= 4 is 12.7 Å². The lowest BCUT2D eigenvalue weighted by Crippen LogP contribution is -2.30. The molecule has 2 rings (SSSR count). The second kappa shape index (κ2) is 6.84. The molecule has 0 radical (unpaired) electrons. The van der Waals surface area contributed by atoms with E-state index in [-0.39, 0.29) is 6.10 Å². The van der Waals surface area contributed by atoms with Crippen molar-refractivity contribution in [3.63, 3.8) is 0 Å². The smallest absolute Gasteiger partial charge is 0.163 e. The highest BCUT2D eigenvalue weighted by atomic mass is 16.7. The SMILES string of the molecule is C=C(/C=c1\c(=C)ccn1CC[C@@H]1COC(C)(C)O1)C(C)CC. The first kappa shape index (κ1) is 17.0. The van der Waals surface area contributed by atoms with Crippen LogP contribution in [-0.4, -0.2) is 23.1 Å². The van der Waals surface area contributed by atoms with Crippen molar-refractivity contribution < 1.29 is 9.47 Å². The Morgan fingerprint density at radius 2 is 2.27 bits per heavy atom. The molecule has 1 aromatic rings. The van der Waals surface area contributed by atoms with Crippen LogP contribution in [0.5, 0.6) is 0 Å². The second-order valence-corrected chi connectivity index (χ2v) is 6.69. The van der Waals surface area contributed by atoms with E-state index >= 15 is 0 Å². The van der Waals surface area contributed by atoms with E-state index in [1.807, 2.05) is 13.8 Å². The standard InChI is InChI=1S/C19H29NO2/c1-7-14(2)16(4)12-18-15(3)8-10-20(18)11-9-17-13-21-19(5,6)22-17/h8,10,12,14,17H,3-4,7,9,11,13H2,1-2,5-6H3/b18-12+/t14?,17-/m1/s1. The molecule has 3 heteroatoms. The van der Waals surface area contributed by atoms with Crippen molar-refractivity contribution in [1.82, 2.24) is 4.57 Å². The van der Waals surface area contributed by atoms with Crippen LogP contribution in [0.25, 0.3) is 12.7 Å². The molecule has 0 saturated carbocycles. The summed E-state index contributed by atoms with van der Waals surface area (Å²) in [6.07, 6.45) is 6.47. The molecule has 122 valence electrons. The van der Waals surface area contributed by atoms with Crippen LogP contribution in [0.1, 0.15) is 40.5 Å². The highest BCUT2D eigenvalue weighted by Crippen LogP contribution is 2.24. The van der Waals surface area contributed by atoms with E-state index in [1.165, 1.54) is 0 Å². The minimum absolute atomic E-state index is 0.163. The molecule has 3 nitrogen and oxygen atoms in total. The summed E-state index contributed by atoms with van der Waals surface area (Å²) >= 11 is 0. The Kier molecular flexibility index (Phi) is 5.30. The van der Waals surface area contributed by atoms with E-state index in [4.69, 9.17) is 9.47 Å². The van der Waals surface area contributed by atoms with Crippen molar-refractivity contribution in [2.75, 3.05) is 6.61 Å². The van der Waals surface area contributed by atoms with Gasteiger partial charge in [-0.2, -0.15) is 0 Å². The third-order valence-corrected chi connectivity index (χ3v) is 4.42. The maximum atomic E-state index is 5.87. The average Bonchev–Trinajstić information content (AvgIpc) is 2.99. The number of nitrogens with zero attached hydrogens (tertiary/aromatic N) is 1. The zero-order valence-corrected chi connectivity index (χ0v) is 14.4. The molecule has 1 unspecified atom stereocenters. The maximum absolute atomic E-state index is 5.87. The van der Waals surface area contributed by atoms with Crippen molar-refractivity contribution in [2.24, 2.45) is 5.92 Å². The van der Waals surface area contributed by atoms with E-state index in [0.717, 1.165) is 35.5 Å². The number of rotatable bonds is 6. The Hall–Kier alpha value is -1.32. The Bertz CT molecular complexity index is 626. The molecule has 1 fully saturated rings. The zero-order valence-electron chi connectivity index (χ0n) is 14.4. The molecule has 0 aromatic carbocycles. The zero-order chi connectivity index (χ0) is 16.3.